The van der Waals surface area contributed by atoms with Gasteiger partial charge in [-0.3, -0.25) is 0 Å². The lowest BCUT2D eigenvalue weighted by Crippen LogP contribution is -2.24. The SMILES string of the molecule is CNC(=O)Nc1ccc(NCc2ccc(C)o2)cc1. The van der Waals surface area contributed by atoms with Gasteiger partial charge < -0.3 is 20.4 Å². The second-order valence-electron chi connectivity index (χ2n) is 4.15. The number of hydrogen-bond donors (Lipinski definition) is 3. The van der Waals surface area contributed by atoms with Gasteiger partial charge in [0.15, 0.2) is 0 Å². The van der Waals surface area contributed by atoms with E-state index in [-0.39, 0.29) is 6.03 Å². The van der Waals surface area contributed by atoms with Gasteiger partial charge in [-0.25, -0.2) is 4.79 Å². The van der Waals surface area contributed by atoms with Gasteiger partial charge in [-0.2, -0.15) is 0 Å². The van der Waals surface area contributed by atoms with Gasteiger partial charge in [0, 0.05) is 18.4 Å². The van der Waals surface area contributed by atoms with Crippen molar-refractivity contribution in [3.8, 4) is 0 Å². The van der Waals surface area contributed by atoms with E-state index < -0.39 is 0 Å². The maximum Gasteiger partial charge on any atom is 0.318 e. The first-order valence-electron chi connectivity index (χ1n) is 6.05. The van der Waals surface area contributed by atoms with Gasteiger partial charge in [0.25, 0.3) is 0 Å². The van der Waals surface area contributed by atoms with Crippen molar-refractivity contribution in [2.45, 2.75) is 13.5 Å². The lowest BCUT2D eigenvalue weighted by Gasteiger charge is -2.07. The molecule has 3 N–H and O–H groups in total. The van der Waals surface area contributed by atoms with E-state index in [0.29, 0.717) is 6.54 Å². The fraction of sp³-hybridized carbons (Fsp3) is 0.214. The van der Waals surface area contributed by atoms with Crippen molar-refractivity contribution < 1.29 is 9.21 Å². The molecule has 0 aliphatic carbocycles. The van der Waals surface area contributed by atoms with E-state index in [1.54, 1.807) is 7.05 Å². The van der Waals surface area contributed by atoms with Gasteiger partial charge in [-0.15, -0.1) is 0 Å². The summed E-state index contributed by atoms with van der Waals surface area (Å²) in [6, 6.07) is 11.1. The van der Waals surface area contributed by atoms with Crippen LogP contribution in [0.2, 0.25) is 0 Å². The fourth-order valence-electron chi connectivity index (χ4n) is 1.63. The molecule has 2 aromatic rings. The molecule has 1 heterocycles. The van der Waals surface area contributed by atoms with Crippen LogP contribution < -0.4 is 16.0 Å². The van der Waals surface area contributed by atoms with E-state index >= 15 is 0 Å². The van der Waals surface area contributed by atoms with Crippen molar-refractivity contribution in [2.75, 3.05) is 17.7 Å². The van der Waals surface area contributed by atoms with Crippen molar-refractivity contribution >= 4 is 17.4 Å². The van der Waals surface area contributed by atoms with Crippen LogP contribution in [-0.2, 0) is 6.54 Å². The molecule has 5 heteroatoms. The second-order valence-corrected chi connectivity index (χ2v) is 4.15. The first kappa shape index (κ1) is 13.0. The molecule has 0 bridgehead atoms. The third-order valence-electron chi connectivity index (χ3n) is 2.63. The van der Waals surface area contributed by atoms with Crippen LogP contribution in [0.3, 0.4) is 0 Å². The van der Waals surface area contributed by atoms with Crippen molar-refractivity contribution in [1.29, 1.82) is 0 Å². The van der Waals surface area contributed by atoms with Crippen LogP contribution in [0.15, 0.2) is 40.8 Å². The Morgan fingerprint density at radius 2 is 1.79 bits per heavy atom. The topological polar surface area (TPSA) is 66.3 Å². The van der Waals surface area contributed by atoms with Gasteiger partial charge in [-0.1, -0.05) is 0 Å². The van der Waals surface area contributed by atoms with Crippen molar-refractivity contribution in [1.82, 2.24) is 5.32 Å². The molecule has 0 saturated carbocycles. The van der Waals surface area contributed by atoms with Gasteiger partial charge in [0.2, 0.25) is 0 Å². The lowest BCUT2D eigenvalue weighted by molar-refractivity contribution is 0.254. The average Bonchev–Trinajstić information content (AvgIpc) is 2.83. The molecular weight excluding hydrogens is 242 g/mol. The van der Waals surface area contributed by atoms with Crippen LogP contribution >= 0.6 is 0 Å². The highest BCUT2D eigenvalue weighted by Gasteiger charge is 2.00. The molecule has 100 valence electrons. The van der Waals surface area contributed by atoms with Crippen molar-refractivity contribution in [3.05, 3.63) is 47.9 Å². The number of urea groups is 1. The zero-order chi connectivity index (χ0) is 13.7. The minimum absolute atomic E-state index is 0.230. The minimum atomic E-state index is -0.230. The number of anilines is 2. The molecule has 5 nitrogen and oxygen atoms in total. The number of benzene rings is 1. The number of nitrogens with one attached hydrogen (secondary N) is 3. The van der Waals surface area contributed by atoms with Crippen LogP contribution in [0.1, 0.15) is 11.5 Å². The monoisotopic (exact) mass is 259 g/mol. The largest absolute Gasteiger partial charge is 0.465 e. The molecule has 0 fully saturated rings. The first-order valence-corrected chi connectivity index (χ1v) is 6.05. The van der Waals surface area contributed by atoms with Gasteiger partial charge >= 0.3 is 6.03 Å². The third kappa shape index (κ3) is 3.77. The molecular formula is C14H17N3O2. The minimum Gasteiger partial charge on any atom is -0.465 e. The van der Waals surface area contributed by atoms with Crippen LogP contribution in [0.4, 0.5) is 16.2 Å². The van der Waals surface area contributed by atoms with E-state index in [2.05, 4.69) is 16.0 Å². The summed E-state index contributed by atoms with van der Waals surface area (Å²) in [5.74, 6) is 1.80. The van der Waals surface area contributed by atoms with E-state index in [1.807, 2.05) is 43.3 Å². The summed E-state index contributed by atoms with van der Waals surface area (Å²) in [5.41, 5.74) is 1.72. The Morgan fingerprint density at radius 1 is 1.11 bits per heavy atom. The number of rotatable bonds is 4. The van der Waals surface area contributed by atoms with E-state index in [4.69, 9.17) is 4.42 Å². The summed E-state index contributed by atoms with van der Waals surface area (Å²) in [6.45, 7) is 2.55. The van der Waals surface area contributed by atoms with E-state index in [1.165, 1.54) is 0 Å². The van der Waals surface area contributed by atoms with Gasteiger partial charge in [0.1, 0.15) is 11.5 Å². The van der Waals surface area contributed by atoms with Crippen LogP contribution in [0.25, 0.3) is 0 Å². The first-order chi connectivity index (χ1) is 9.17. The number of aryl methyl sites for hydroxylation is 1. The highest BCUT2D eigenvalue weighted by atomic mass is 16.3. The number of carbonyl (C=O) groups excluding carboxylic acids is 1. The molecule has 1 aromatic heterocycles. The average molecular weight is 259 g/mol. The predicted molar refractivity (Wildman–Crippen MR) is 75.3 cm³/mol. The van der Waals surface area contributed by atoms with Crippen molar-refractivity contribution in [2.24, 2.45) is 0 Å². The number of hydrogen-bond acceptors (Lipinski definition) is 3. The molecule has 0 aliphatic heterocycles. The maximum absolute atomic E-state index is 11.1. The molecule has 0 unspecified atom stereocenters. The standard InChI is InChI=1S/C14H17N3O2/c1-10-3-8-13(19-10)9-16-11-4-6-12(7-5-11)17-14(18)15-2/h3-8,16H,9H2,1-2H3,(H2,15,17,18). The normalized spacial score (nSPS) is 10.0. The molecule has 0 saturated heterocycles. The maximum atomic E-state index is 11.1. The van der Waals surface area contributed by atoms with Gasteiger partial charge in [-0.05, 0) is 43.3 Å². The summed E-state index contributed by atoms with van der Waals surface area (Å²) >= 11 is 0. The number of carbonyl (C=O) groups is 1. The number of furan rings is 1. The van der Waals surface area contributed by atoms with Crippen molar-refractivity contribution in [3.63, 3.8) is 0 Å². The van der Waals surface area contributed by atoms with E-state index in [9.17, 15) is 4.79 Å². The number of amides is 2. The third-order valence-corrected chi connectivity index (χ3v) is 2.63. The molecule has 0 radical (unpaired) electrons. The second kappa shape index (κ2) is 5.95. The Kier molecular flexibility index (Phi) is 4.07. The molecule has 1 aromatic carbocycles. The van der Waals surface area contributed by atoms with Crippen LogP contribution in [0, 0.1) is 6.92 Å². The summed E-state index contributed by atoms with van der Waals surface area (Å²) < 4.78 is 5.47. The Morgan fingerprint density at radius 3 is 2.37 bits per heavy atom. The Hall–Kier alpha value is -2.43. The van der Waals surface area contributed by atoms with Crippen LogP contribution in [0.5, 0.6) is 0 Å². The summed E-state index contributed by atoms with van der Waals surface area (Å²) in [4.78, 5) is 11.1. The van der Waals surface area contributed by atoms with E-state index in [0.717, 1.165) is 22.9 Å². The molecule has 0 spiro atoms. The quantitative estimate of drug-likeness (QED) is 0.790. The molecule has 19 heavy (non-hydrogen) atoms. The highest BCUT2D eigenvalue weighted by Crippen LogP contribution is 2.15. The molecule has 2 amide bonds. The smallest absolute Gasteiger partial charge is 0.318 e. The predicted octanol–water partition coefficient (Wildman–Crippen LogP) is 2.95. The lowest BCUT2D eigenvalue weighted by atomic mass is 10.2. The molecule has 0 atom stereocenters. The zero-order valence-corrected chi connectivity index (χ0v) is 11.0. The highest BCUT2D eigenvalue weighted by molar-refractivity contribution is 5.89. The molecule has 0 aliphatic rings. The van der Waals surface area contributed by atoms with Gasteiger partial charge in [0.05, 0.1) is 6.54 Å². The molecule has 2 rings (SSSR count). The van der Waals surface area contributed by atoms with Crippen LogP contribution in [-0.4, -0.2) is 13.1 Å². The summed E-state index contributed by atoms with van der Waals surface area (Å²) in [7, 11) is 1.58. The summed E-state index contributed by atoms with van der Waals surface area (Å²) in [5, 5.41) is 8.45. The Balaban J connectivity index is 1.89. The zero-order valence-electron chi connectivity index (χ0n) is 11.0. The summed E-state index contributed by atoms with van der Waals surface area (Å²) in [6.07, 6.45) is 0. The Labute approximate surface area is 112 Å². The fourth-order valence-corrected chi connectivity index (χ4v) is 1.63. The Bertz CT molecular complexity index is 546.